The first-order valence-corrected chi connectivity index (χ1v) is 6.41. The molecule has 1 aliphatic rings. The van der Waals surface area contributed by atoms with Crippen molar-refractivity contribution in [2.75, 3.05) is 0 Å². The molecule has 0 radical (unpaired) electrons. The van der Waals surface area contributed by atoms with Gasteiger partial charge in [-0.3, -0.25) is 0 Å². The molecule has 1 rings (SSSR count). The van der Waals surface area contributed by atoms with E-state index in [9.17, 15) is 30.7 Å². The minimum absolute atomic E-state index is 0.0391. The van der Waals surface area contributed by atoms with E-state index in [4.69, 9.17) is 4.18 Å². The van der Waals surface area contributed by atoms with Gasteiger partial charge in [-0.1, -0.05) is 0 Å². The average molecular weight is 326 g/mol. The van der Waals surface area contributed by atoms with E-state index in [0.717, 1.165) is 0 Å². The lowest BCUT2D eigenvalue weighted by Gasteiger charge is -2.40. The Morgan fingerprint density at radius 3 is 2.10 bits per heavy atom. The Bertz CT molecular complexity index is 395. The molecule has 9 heteroatoms. The zero-order valence-electron chi connectivity index (χ0n) is 10.8. The van der Waals surface area contributed by atoms with Crippen molar-refractivity contribution in [2.24, 2.45) is 0 Å². The lowest BCUT2D eigenvalue weighted by atomic mass is 9.83. The minimum atomic E-state index is -5.33. The summed E-state index contributed by atoms with van der Waals surface area (Å²) in [7, 11) is 0. The van der Waals surface area contributed by atoms with Gasteiger partial charge in [0.2, 0.25) is 0 Å². The standard InChI is InChI=1S/C11H13F7OS/c1-4(2)19-20-10(3)8(11(16,17)18)6(13)5(12)7(14)9(10)15/h4-5,7,9H,1-3H3/t5?,7?,9?,10-/m0/s1. The molecule has 0 fully saturated rings. The summed E-state index contributed by atoms with van der Waals surface area (Å²) in [5.41, 5.74) is -2.07. The zero-order valence-corrected chi connectivity index (χ0v) is 11.6. The molecule has 0 spiro atoms. The third-order valence-electron chi connectivity index (χ3n) is 2.76. The van der Waals surface area contributed by atoms with Crippen LogP contribution in [0.4, 0.5) is 30.7 Å². The Labute approximate surface area is 115 Å². The molecule has 1 aliphatic carbocycles. The summed E-state index contributed by atoms with van der Waals surface area (Å²) < 4.78 is 94.5. The van der Waals surface area contributed by atoms with Gasteiger partial charge >= 0.3 is 6.18 Å². The Morgan fingerprint density at radius 1 is 1.20 bits per heavy atom. The van der Waals surface area contributed by atoms with Crippen molar-refractivity contribution in [1.29, 1.82) is 0 Å². The van der Waals surface area contributed by atoms with Gasteiger partial charge in [-0.25, -0.2) is 17.6 Å². The van der Waals surface area contributed by atoms with Crippen molar-refractivity contribution in [3.05, 3.63) is 11.4 Å². The summed E-state index contributed by atoms with van der Waals surface area (Å²) in [4.78, 5) is 0. The molecule has 0 amide bonds. The predicted molar refractivity (Wildman–Crippen MR) is 61.1 cm³/mol. The number of halogens is 7. The molecule has 0 aromatic rings. The SMILES string of the molecule is CC(C)OS[C@@]1(C)C(C(F)(F)F)=C(F)C(F)C(F)C1F. The number of hydrogen-bond acceptors (Lipinski definition) is 2. The van der Waals surface area contributed by atoms with E-state index in [1.807, 2.05) is 0 Å². The van der Waals surface area contributed by atoms with Gasteiger partial charge in [0.1, 0.15) is 10.6 Å². The van der Waals surface area contributed by atoms with Crippen LogP contribution >= 0.6 is 12.0 Å². The number of rotatable bonds is 3. The number of hydrogen-bond donors (Lipinski definition) is 0. The highest BCUT2D eigenvalue weighted by molar-refractivity contribution is 7.96. The molecular formula is C11H13F7OS. The van der Waals surface area contributed by atoms with Crippen LogP contribution in [0.3, 0.4) is 0 Å². The molecule has 0 saturated heterocycles. The van der Waals surface area contributed by atoms with Crippen molar-refractivity contribution in [3.63, 3.8) is 0 Å². The second-order valence-electron chi connectivity index (χ2n) is 4.80. The minimum Gasteiger partial charge on any atom is -0.312 e. The van der Waals surface area contributed by atoms with E-state index >= 15 is 0 Å². The molecule has 1 nitrogen and oxygen atoms in total. The van der Waals surface area contributed by atoms with Gasteiger partial charge in [0, 0.05) is 12.0 Å². The average Bonchev–Trinajstić information content (AvgIpc) is 2.30. The van der Waals surface area contributed by atoms with E-state index in [-0.39, 0.29) is 12.0 Å². The second kappa shape index (κ2) is 5.75. The molecule has 0 N–H and O–H groups in total. The van der Waals surface area contributed by atoms with E-state index < -0.39 is 46.9 Å². The zero-order chi connectivity index (χ0) is 15.9. The van der Waals surface area contributed by atoms with Gasteiger partial charge in [0.25, 0.3) is 0 Å². The Kier molecular flexibility index (Phi) is 5.06. The second-order valence-corrected chi connectivity index (χ2v) is 6.01. The van der Waals surface area contributed by atoms with Crippen LogP contribution in [0.25, 0.3) is 0 Å². The maximum absolute atomic E-state index is 13.9. The predicted octanol–water partition coefficient (Wildman–Crippen LogP) is 4.63. The highest BCUT2D eigenvalue weighted by Gasteiger charge is 2.62. The van der Waals surface area contributed by atoms with Crippen LogP contribution in [0.1, 0.15) is 20.8 Å². The molecule has 118 valence electrons. The van der Waals surface area contributed by atoms with E-state index in [2.05, 4.69) is 0 Å². The molecule has 20 heavy (non-hydrogen) atoms. The van der Waals surface area contributed by atoms with Crippen LogP contribution in [-0.2, 0) is 4.18 Å². The summed E-state index contributed by atoms with van der Waals surface area (Å²) in [6, 6.07) is 0. The lowest BCUT2D eigenvalue weighted by molar-refractivity contribution is -0.109. The van der Waals surface area contributed by atoms with Crippen molar-refractivity contribution >= 4 is 12.0 Å². The Hall–Kier alpha value is -0.440. The molecule has 4 atom stereocenters. The molecule has 0 bridgehead atoms. The molecule has 0 aliphatic heterocycles. The quantitative estimate of drug-likeness (QED) is 0.552. The van der Waals surface area contributed by atoms with Gasteiger partial charge in [-0.05, 0) is 20.8 Å². The molecule has 3 unspecified atom stereocenters. The fourth-order valence-electron chi connectivity index (χ4n) is 1.81. The van der Waals surface area contributed by atoms with Crippen molar-refractivity contribution in [2.45, 2.75) is 56.3 Å². The van der Waals surface area contributed by atoms with Crippen LogP contribution in [0.2, 0.25) is 0 Å². The topological polar surface area (TPSA) is 9.23 Å². The summed E-state index contributed by atoms with van der Waals surface area (Å²) in [5.74, 6) is -2.33. The third kappa shape index (κ3) is 3.08. The normalized spacial score (nSPS) is 35.9. The van der Waals surface area contributed by atoms with Crippen molar-refractivity contribution in [1.82, 2.24) is 0 Å². The number of allylic oxidation sites excluding steroid dienone is 1. The van der Waals surface area contributed by atoms with Gasteiger partial charge in [-0.15, -0.1) is 0 Å². The van der Waals surface area contributed by atoms with E-state index in [0.29, 0.717) is 6.92 Å². The van der Waals surface area contributed by atoms with Crippen LogP contribution in [0.15, 0.2) is 11.4 Å². The molecule has 0 heterocycles. The summed E-state index contributed by atoms with van der Waals surface area (Å²) >= 11 is -0.0391. The van der Waals surface area contributed by atoms with Gasteiger partial charge in [-0.2, -0.15) is 13.2 Å². The highest BCUT2D eigenvalue weighted by Crippen LogP contribution is 2.53. The first-order valence-electron chi connectivity index (χ1n) is 5.67. The fraction of sp³-hybridized carbons (Fsp3) is 0.818. The molecule has 0 saturated carbocycles. The smallest absolute Gasteiger partial charge is 0.312 e. The van der Waals surface area contributed by atoms with Gasteiger partial charge in [0.15, 0.2) is 18.5 Å². The highest BCUT2D eigenvalue weighted by atomic mass is 32.2. The summed E-state index contributed by atoms with van der Waals surface area (Å²) in [5, 5.41) is 0. The van der Waals surface area contributed by atoms with Crippen molar-refractivity contribution < 1.29 is 34.9 Å². The lowest BCUT2D eigenvalue weighted by Crippen LogP contribution is -2.53. The fourth-order valence-corrected chi connectivity index (χ4v) is 2.72. The Morgan fingerprint density at radius 2 is 1.70 bits per heavy atom. The van der Waals surface area contributed by atoms with Gasteiger partial charge < -0.3 is 4.18 Å². The first-order chi connectivity index (χ1) is 8.93. The molecule has 0 aromatic carbocycles. The van der Waals surface area contributed by atoms with E-state index in [1.54, 1.807) is 0 Å². The Balaban J connectivity index is 3.34. The maximum Gasteiger partial charge on any atom is 0.416 e. The largest absolute Gasteiger partial charge is 0.416 e. The summed E-state index contributed by atoms with van der Waals surface area (Å²) in [6.07, 6.45) is -15.1. The van der Waals surface area contributed by atoms with Crippen molar-refractivity contribution in [3.8, 4) is 0 Å². The van der Waals surface area contributed by atoms with Crippen LogP contribution in [-0.4, -0.2) is 35.5 Å². The maximum atomic E-state index is 13.9. The van der Waals surface area contributed by atoms with Gasteiger partial charge in [0.05, 0.1) is 11.7 Å². The van der Waals surface area contributed by atoms with Crippen LogP contribution in [0, 0.1) is 0 Å². The first kappa shape index (κ1) is 17.6. The van der Waals surface area contributed by atoms with Crippen LogP contribution in [0.5, 0.6) is 0 Å². The molecule has 0 aromatic heterocycles. The monoisotopic (exact) mass is 326 g/mol. The number of alkyl halides is 6. The summed E-state index contributed by atoms with van der Waals surface area (Å²) in [6.45, 7) is 3.54. The van der Waals surface area contributed by atoms with E-state index in [1.165, 1.54) is 13.8 Å². The third-order valence-corrected chi connectivity index (χ3v) is 4.02. The van der Waals surface area contributed by atoms with Crippen LogP contribution < -0.4 is 0 Å². The molecular weight excluding hydrogens is 313 g/mol.